The van der Waals surface area contributed by atoms with Crippen molar-refractivity contribution in [3.63, 3.8) is 0 Å². The standard InChI is InChI=1S/C17H26FN5O7PS/c1-17(2,6-24)7-32-4-3-28-31(27)29-5-9-11(25)12(26)15(30-9)23-8-20-10-13(19)21-16(18)22-14(10)23/h8-9,11-12,15,24-26H,3-7H2,1-2H3,(H2,19,21,22)/q+1. The number of nitrogens with two attached hydrogens (primary N) is 1. The summed E-state index contributed by atoms with van der Waals surface area (Å²) in [6, 6.07) is 0. The van der Waals surface area contributed by atoms with Gasteiger partial charge in [0.05, 0.1) is 6.33 Å². The van der Waals surface area contributed by atoms with Crippen molar-refractivity contribution in [3.8, 4) is 0 Å². The van der Waals surface area contributed by atoms with Gasteiger partial charge in [0.1, 0.15) is 31.5 Å². The van der Waals surface area contributed by atoms with E-state index in [0.717, 1.165) is 5.75 Å². The zero-order valence-electron chi connectivity index (χ0n) is 17.5. The van der Waals surface area contributed by atoms with Crippen molar-refractivity contribution >= 4 is 37.0 Å². The van der Waals surface area contributed by atoms with Crippen LogP contribution in [0.25, 0.3) is 11.2 Å². The van der Waals surface area contributed by atoms with Crippen molar-refractivity contribution in [1.29, 1.82) is 0 Å². The van der Waals surface area contributed by atoms with E-state index in [-0.39, 0.29) is 42.2 Å². The number of rotatable bonds is 11. The van der Waals surface area contributed by atoms with Gasteiger partial charge in [0.25, 0.3) is 0 Å². The monoisotopic (exact) mass is 494 g/mol. The van der Waals surface area contributed by atoms with Gasteiger partial charge >= 0.3 is 14.3 Å². The van der Waals surface area contributed by atoms with Crippen LogP contribution in [0.15, 0.2) is 6.33 Å². The van der Waals surface area contributed by atoms with E-state index in [2.05, 4.69) is 15.0 Å². The molecule has 1 fully saturated rings. The Morgan fingerprint density at radius 2 is 2.09 bits per heavy atom. The molecule has 0 spiro atoms. The number of halogens is 1. The average Bonchev–Trinajstić information content (AvgIpc) is 3.27. The molecular weight excluding hydrogens is 468 g/mol. The zero-order chi connectivity index (χ0) is 23.5. The smallest absolute Gasteiger partial charge is 0.396 e. The average molecular weight is 494 g/mol. The number of nitrogen functional groups attached to an aromatic ring is 1. The number of nitrogens with zero attached hydrogens (tertiary/aromatic N) is 4. The minimum absolute atomic E-state index is 0.0101. The van der Waals surface area contributed by atoms with Crippen LogP contribution in [0.3, 0.4) is 0 Å². The zero-order valence-corrected chi connectivity index (χ0v) is 19.2. The first-order chi connectivity index (χ1) is 15.1. The van der Waals surface area contributed by atoms with Gasteiger partial charge in [0, 0.05) is 22.7 Å². The molecule has 1 aliphatic heterocycles. The number of thioether (sulfide) groups is 1. The second-order valence-electron chi connectivity index (χ2n) is 7.98. The van der Waals surface area contributed by atoms with Gasteiger partial charge in [0.2, 0.25) is 0 Å². The Morgan fingerprint density at radius 3 is 2.81 bits per heavy atom. The summed E-state index contributed by atoms with van der Waals surface area (Å²) in [7, 11) is -2.47. The van der Waals surface area contributed by atoms with E-state index in [1.54, 1.807) is 11.8 Å². The number of hydrogen-bond acceptors (Lipinski definition) is 12. The third kappa shape index (κ3) is 5.88. The molecule has 5 atom stereocenters. The quantitative estimate of drug-likeness (QED) is 0.195. The van der Waals surface area contributed by atoms with Crippen LogP contribution in [-0.4, -0.2) is 84.5 Å². The Morgan fingerprint density at radius 1 is 1.34 bits per heavy atom. The molecular formula is C17H26FN5O7PS+. The fourth-order valence-corrected chi connectivity index (χ4v) is 4.63. The lowest BCUT2D eigenvalue weighted by atomic mass is 9.98. The lowest BCUT2D eigenvalue weighted by Gasteiger charge is -2.20. The Hall–Kier alpha value is -1.51. The molecule has 15 heteroatoms. The lowest BCUT2D eigenvalue weighted by molar-refractivity contribution is -0.0481. The summed E-state index contributed by atoms with van der Waals surface area (Å²) in [4.78, 5) is 11.0. The highest BCUT2D eigenvalue weighted by Gasteiger charge is 2.46. The molecule has 5 unspecified atom stereocenters. The van der Waals surface area contributed by atoms with E-state index in [4.69, 9.17) is 19.5 Å². The number of fused-ring (bicyclic) bond motifs is 1. The van der Waals surface area contributed by atoms with Crippen LogP contribution in [0.4, 0.5) is 10.2 Å². The first-order valence-corrected chi connectivity index (χ1v) is 12.0. The van der Waals surface area contributed by atoms with Crippen molar-refractivity contribution in [2.24, 2.45) is 5.41 Å². The summed E-state index contributed by atoms with van der Waals surface area (Å²) in [6.07, 6.45) is -4.80. The van der Waals surface area contributed by atoms with E-state index in [1.165, 1.54) is 10.9 Å². The molecule has 2 aromatic rings. The van der Waals surface area contributed by atoms with Crippen molar-refractivity contribution in [1.82, 2.24) is 19.5 Å². The van der Waals surface area contributed by atoms with Crippen LogP contribution < -0.4 is 5.73 Å². The first kappa shape index (κ1) is 25.1. The van der Waals surface area contributed by atoms with Crippen LogP contribution in [0.1, 0.15) is 20.1 Å². The second-order valence-corrected chi connectivity index (χ2v) is 10.0. The van der Waals surface area contributed by atoms with Gasteiger partial charge < -0.3 is 25.8 Å². The Kier molecular flexibility index (Phi) is 8.33. The molecule has 3 rings (SSSR count). The Bertz CT molecular complexity index is 951. The molecule has 0 aromatic carbocycles. The Labute approximate surface area is 188 Å². The van der Waals surface area contributed by atoms with E-state index in [0.29, 0.717) is 5.75 Å². The van der Waals surface area contributed by atoms with E-state index >= 15 is 0 Å². The summed E-state index contributed by atoms with van der Waals surface area (Å²) >= 11 is 1.55. The number of aromatic nitrogens is 4. The number of anilines is 1. The summed E-state index contributed by atoms with van der Waals surface area (Å²) < 4.78 is 42.6. The maximum atomic E-state index is 13.6. The van der Waals surface area contributed by atoms with Crippen LogP contribution in [-0.2, 0) is 18.3 Å². The van der Waals surface area contributed by atoms with Gasteiger partial charge in [-0.05, 0) is 5.41 Å². The normalized spacial score (nSPS) is 24.4. The van der Waals surface area contributed by atoms with Gasteiger partial charge in [-0.2, -0.15) is 26.1 Å². The fraction of sp³-hybridized carbons (Fsp3) is 0.706. The van der Waals surface area contributed by atoms with E-state index in [1.807, 2.05) is 13.8 Å². The van der Waals surface area contributed by atoms with E-state index < -0.39 is 38.9 Å². The number of aliphatic hydroxyl groups is 3. The van der Waals surface area contributed by atoms with Crippen molar-refractivity contribution < 1.29 is 38.1 Å². The van der Waals surface area contributed by atoms with E-state index in [9.17, 15) is 24.3 Å². The van der Waals surface area contributed by atoms with Crippen molar-refractivity contribution in [2.75, 3.05) is 37.1 Å². The molecule has 12 nitrogen and oxygen atoms in total. The molecule has 0 aliphatic carbocycles. The molecule has 0 bridgehead atoms. The molecule has 32 heavy (non-hydrogen) atoms. The van der Waals surface area contributed by atoms with Gasteiger partial charge in [-0.3, -0.25) is 4.57 Å². The highest BCUT2D eigenvalue weighted by Crippen LogP contribution is 2.34. The predicted octanol–water partition coefficient (Wildman–Crippen LogP) is 0.609. The maximum Gasteiger partial charge on any atom is 0.697 e. The highest BCUT2D eigenvalue weighted by molar-refractivity contribution is 7.99. The number of ether oxygens (including phenoxy) is 1. The van der Waals surface area contributed by atoms with Gasteiger partial charge in [0.15, 0.2) is 23.2 Å². The molecule has 2 aromatic heterocycles. The summed E-state index contributed by atoms with van der Waals surface area (Å²) in [5, 5.41) is 29.9. The third-order valence-corrected chi connectivity index (χ3v) is 6.92. The second kappa shape index (κ2) is 10.6. The lowest BCUT2D eigenvalue weighted by Crippen LogP contribution is -2.33. The van der Waals surface area contributed by atoms with Crippen LogP contribution in [0.2, 0.25) is 0 Å². The molecule has 1 saturated heterocycles. The van der Waals surface area contributed by atoms with Gasteiger partial charge in [-0.1, -0.05) is 13.8 Å². The molecule has 5 N–H and O–H groups in total. The van der Waals surface area contributed by atoms with Crippen LogP contribution in [0, 0.1) is 11.5 Å². The van der Waals surface area contributed by atoms with Gasteiger partial charge in [-0.15, -0.1) is 9.05 Å². The van der Waals surface area contributed by atoms with Crippen LogP contribution >= 0.6 is 20.0 Å². The molecule has 0 saturated carbocycles. The summed E-state index contributed by atoms with van der Waals surface area (Å²) in [6.45, 7) is 3.80. The minimum Gasteiger partial charge on any atom is -0.396 e. The SMILES string of the molecule is CC(C)(CO)CSCCO[P+](=O)OCC1OC(n2cnc3c(N)nc(F)nc32)C(O)C1O. The fourth-order valence-electron chi connectivity index (χ4n) is 2.93. The molecule has 1 aliphatic rings. The highest BCUT2D eigenvalue weighted by atomic mass is 32.2. The predicted molar refractivity (Wildman–Crippen MR) is 113 cm³/mol. The van der Waals surface area contributed by atoms with Crippen molar-refractivity contribution in [3.05, 3.63) is 12.4 Å². The summed E-state index contributed by atoms with van der Waals surface area (Å²) in [5.41, 5.74) is 5.53. The first-order valence-electron chi connectivity index (χ1n) is 9.72. The number of aliphatic hydroxyl groups excluding tert-OH is 3. The molecule has 0 radical (unpaired) electrons. The largest absolute Gasteiger partial charge is 0.697 e. The number of hydrogen-bond donors (Lipinski definition) is 4. The maximum absolute atomic E-state index is 13.6. The van der Waals surface area contributed by atoms with Gasteiger partial charge in [-0.25, -0.2) is 4.98 Å². The van der Waals surface area contributed by atoms with Crippen molar-refractivity contribution in [2.45, 2.75) is 38.4 Å². The molecule has 0 amide bonds. The molecule has 178 valence electrons. The number of imidazole rings is 1. The third-order valence-electron chi connectivity index (χ3n) is 4.72. The summed E-state index contributed by atoms with van der Waals surface area (Å²) in [5.74, 6) is 1.10. The van der Waals surface area contributed by atoms with Crippen LogP contribution in [0.5, 0.6) is 0 Å². The molecule has 3 heterocycles. The minimum atomic E-state index is -2.47. The topological polar surface area (TPSA) is 175 Å². The Balaban J connectivity index is 1.50.